The van der Waals surface area contributed by atoms with Crippen molar-refractivity contribution in [1.82, 2.24) is 14.8 Å². The van der Waals surface area contributed by atoms with Crippen molar-refractivity contribution >= 4 is 0 Å². The average Bonchev–Trinajstić information content (AvgIpc) is 3.01. The molecule has 78 valence electrons. The van der Waals surface area contributed by atoms with Gasteiger partial charge in [0.15, 0.2) is 12.2 Å². The number of nitrogens with zero attached hydrogens (tertiary/aromatic N) is 3. The monoisotopic (exact) mass is 211 g/mol. The van der Waals surface area contributed by atoms with Gasteiger partial charge in [-0.25, -0.2) is 9.67 Å². The molecule has 0 fully saturated rings. The molecule has 0 radical (unpaired) electrons. The van der Waals surface area contributed by atoms with Crippen LogP contribution in [0, 0.1) is 0 Å². The molecule has 0 N–H and O–H groups in total. The maximum atomic E-state index is 5.20. The fourth-order valence-electron chi connectivity index (χ4n) is 1.53. The Hall–Kier alpha value is -2.36. The summed E-state index contributed by atoms with van der Waals surface area (Å²) in [5.74, 6) is 0.724. The number of para-hydroxylation sites is 1. The largest absolute Gasteiger partial charge is 0.443 e. The summed E-state index contributed by atoms with van der Waals surface area (Å²) in [6.45, 7) is 0. The van der Waals surface area contributed by atoms with Crippen molar-refractivity contribution in [2.45, 2.75) is 0 Å². The molecule has 4 heteroatoms. The van der Waals surface area contributed by atoms with Crippen LogP contribution < -0.4 is 0 Å². The van der Waals surface area contributed by atoms with E-state index in [1.807, 2.05) is 36.5 Å². The van der Waals surface area contributed by atoms with Gasteiger partial charge in [0.25, 0.3) is 0 Å². The van der Waals surface area contributed by atoms with Gasteiger partial charge in [-0.05, 0) is 12.1 Å². The van der Waals surface area contributed by atoms with Crippen LogP contribution in [0.5, 0.6) is 0 Å². The van der Waals surface area contributed by atoms with Gasteiger partial charge in [-0.3, -0.25) is 0 Å². The molecule has 0 saturated heterocycles. The Balaban J connectivity index is 2.00. The van der Waals surface area contributed by atoms with Gasteiger partial charge in [-0.15, -0.1) is 0 Å². The molecule has 2 heterocycles. The van der Waals surface area contributed by atoms with Crippen LogP contribution in [0.1, 0.15) is 0 Å². The number of hydrogen-bond acceptors (Lipinski definition) is 3. The van der Waals surface area contributed by atoms with E-state index >= 15 is 0 Å². The molecule has 1 aromatic carbocycles. The normalized spacial score (nSPS) is 10.5. The third-order valence-electron chi connectivity index (χ3n) is 2.32. The molecule has 16 heavy (non-hydrogen) atoms. The van der Waals surface area contributed by atoms with Gasteiger partial charge >= 0.3 is 0 Å². The zero-order valence-corrected chi connectivity index (χ0v) is 8.45. The van der Waals surface area contributed by atoms with Crippen LogP contribution in [0.15, 0.2) is 59.7 Å². The Morgan fingerprint density at radius 3 is 2.69 bits per heavy atom. The van der Waals surface area contributed by atoms with Gasteiger partial charge in [0, 0.05) is 6.20 Å². The summed E-state index contributed by atoms with van der Waals surface area (Å²) < 4.78 is 7.01. The van der Waals surface area contributed by atoms with E-state index < -0.39 is 0 Å². The first-order valence-corrected chi connectivity index (χ1v) is 4.92. The topological polar surface area (TPSA) is 43.9 Å². The van der Waals surface area contributed by atoms with Crippen molar-refractivity contribution in [2.75, 3.05) is 0 Å². The molecule has 2 aromatic heterocycles. The van der Waals surface area contributed by atoms with Crippen LogP contribution in [-0.4, -0.2) is 14.8 Å². The highest BCUT2D eigenvalue weighted by Crippen LogP contribution is 2.18. The first kappa shape index (κ1) is 8.91. The molecular formula is C12H9N3O. The Morgan fingerprint density at radius 1 is 1.06 bits per heavy atom. The van der Waals surface area contributed by atoms with E-state index in [4.69, 9.17) is 4.42 Å². The van der Waals surface area contributed by atoms with E-state index in [0.717, 1.165) is 17.0 Å². The summed E-state index contributed by atoms with van der Waals surface area (Å²) in [7, 11) is 0. The lowest BCUT2D eigenvalue weighted by molar-refractivity contribution is 0.572. The van der Waals surface area contributed by atoms with Crippen molar-refractivity contribution in [1.29, 1.82) is 0 Å². The quantitative estimate of drug-likeness (QED) is 0.654. The van der Waals surface area contributed by atoms with Gasteiger partial charge in [0.2, 0.25) is 0 Å². The average molecular weight is 211 g/mol. The maximum absolute atomic E-state index is 5.20. The van der Waals surface area contributed by atoms with Crippen LogP contribution in [0.25, 0.3) is 17.0 Å². The number of benzene rings is 1. The van der Waals surface area contributed by atoms with Gasteiger partial charge in [-0.2, -0.15) is 5.10 Å². The van der Waals surface area contributed by atoms with Gasteiger partial charge in [0.1, 0.15) is 0 Å². The van der Waals surface area contributed by atoms with Gasteiger partial charge in [-0.1, -0.05) is 18.2 Å². The van der Waals surface area contributed by atoms with E-state index in [2.05, 4.69) is 10.1 Å². The number of aromatic nitrogens is 3. The minimum absolute atomic E-state index is 0.724. The zero-order chi connectivity index (χ0) is 10.8. The standard InChI is InChI=1S/C12H9N3O/c1-2-4-11(5-3-1)15-8-10(6-14-15)12-7-13-9-16-12/h1-9H. The van der Waals surface area contributed by atoms with E-state index in [0.29, 0.717) is 0 Å². The maximum Gasteiger partial charge on any atom is 0.181 e. The molecule has 0 aliphatic carbocycles. The lowest BCUT2D eigenvalue weighted by atomic mass is 10.3. The molecule has 3 rings (SSSR count). The number of hydrogen-bond donors (Lipinski definition) is 0. The fourth-order valence-corrected chi connectivity index (χ4v) is 1.53. The smallest absolute Gasteiger partial charge is 0.181 e. The highest BCUT2D eigenvalue weighted by Gasteiger charge is 2.05. The Labute approximate surface area is 92.2 Å². The van der Waals surface area contributed by atoms with Crippen molar-refractivity contribution < 1.29 is 4.42 Å². The van der Waals surface area contributed by atoms with E-state index in [1.54, 1.807) is 17.1 Å². The first-order valence-electron chi connectivity index (χ1n) is 4.92. The Kier molecular flexibility index (Phi) is 2.04. The molecule has 0 amide bonds. The van der Waals surface area contributed by atoms with Crippen LogP contribution in [0.3, 0.4) is 0 Å². The van der Waals surface area contributed by atoms with Crippen molar-refractivity contribution in [2.24, 2.45) is 0 Å². The number of rotatable bonds is 2. The molecule has 0 aliphatic rings. The minimum atomic E-state index is 0.724. The molecule has 0 unspecified atom stereocenters. The molecule has 3 aromatic rings. The van der Waals surface area contributed by atoms with E-state index in [9.17, 15) is 0 Å². The molecule has 4 nitrogen and oxygen atoms in total. The summed E-state index contributed by atoms with van der Waals surface area (Å²) in [5, 5.41) is 4.27. The molecule has 0 bridgehead atoms. The first-order chi connectivity index (χ1) is 7.93. The van der Waals surface area contributed by atoms with Crippen LogP contribution in [0.4, 0.5) is 0 Å². The van der Waals surface area contributed by atoms with Crippen molar-refractivity contribution in [3.63, 3.8) is 0 Å². The highest BCUT2D eigenvalue weighted by atomic mass is 16.3. The fraction of sp³-hybridized carbons (Fsp3) is 0. The van der Waals surface area contributed by atoms with E-state index in [-0.39, 0.29) is 0 Å². The second kappa shape index (κ2) is 3.66. The molecule has 0 aliphatic heterocycles. The van der Waals surface area contributed by atoms with Crippen LogP contribution in [-0.2, 0) is 0 Å². The van der Waals surface area contributed by atoms with Gasteiger partial charge < -0.3 is 4.42 Å². The molecular weight excluding hydrogens is 202 g/mol. The molecule has 0 spiro atoms. The lowest BCUT2D eigenvalue weighted by Crippen LogP contribution is -1.92. The Bertz CT molecular complexity index is 569. The van der Waals surface area contributed by atoms with Crippen molar-refractivity contribution in [3.8, 4) is 17.0 Å². The Morgan fingerprint density at radius 2 is 1.94 bits per heavy atom. The van der Waals surface area contributed by atoms with Gasteiger partial charge in [0.05, 0.1) is 23.6 Å². The second-order valence-electron chi connectivity index (χ2n) is 3.37. The third kappa shape index (κ3) is 1.50. The predicted molar refractivity (Wildman–Crippen MR) is 59.1 cm³/mol. The zero-order valence-electron chi connectivity index (χ0n) is 8.45. The predicted octanol–water partition coefficient (Wildman–Crippen LogP) is 2.53. The van der Waals surface area contributed by atoms with Crippen LogP contribution in [0.2, 0.25) is 0 Å². The summed E-state index contributed by atoms with van der Waals surface area (Å²) in [6.07, 6.45) is 6.75. The lowest BCUT2D eigenvalue weighted by Gasteiger charge is -1.98. The summed E-state index contributed by atoms with van der Waals surface area (Å²) in [4.78, 5) is 3.88. The summed E-state index contributed by atoms with van der Waals surface area (Å²) in [5.41, 5.74) is 1.94. The summed E-state index contributed by atoms with van der Waals surface area (Å²) >= 11 is 0. The van der Waals surface area contributed by atoms with Crippen LogP contribution >= 0.6 is 0 Å². The van der Waals surface area contributed by atoms with E-state index in [1.165, 1.54) is 6.39 Å². The SMILES string of the molecule is c1ccc(-n2cc(-c3cnco3)cn2)cc1. The molecule has 0 saturated carbocycles. The second-order valence-corrected chi connectivity index (χ2v) is 3.37. The number of oxazole rings is 1. The van der Waals surface area contributed by atoms with Crippen molar-refractivity contribution in [3.05, 3.63) is 55.3 Å². The highest BCUT2D eigenvalue weighted by molar-refractivity contribution is 5.54. The molecule has 0 atom stereocenters. The minimum Gasteiger partial charge on any atom is -0.443 e. The third-order valence-corrected chi connectivity index (χ3v) is 2.32. The summed E-state index contributed by atoms with van der Waals surface area (Å²) in [6, 6.07) is 9.93.